The van der Waals surface area contributed by atoms with E-state index in [0.717, 1.165) is 5.75 Å². The standard InChI is InChI=1S/C21H28N2O7.CH4O3S/c1-27-10-11-29-16-2-4-17(5-3-16)30-14-15(24)13-23-8-9-28-18-6-7-20(25)19(12-18)21(22)26;1-5(2,3)4/h2-7,12,15,23-25H,8-11,13-14H2,1H3,(H2,22,26);1H3,(H,2,3,4)/t15-;/m0./s1. The van der Waals surface area contributed by atoms with E-state index in [0.29, 0.717) is 50.7 Å². The number of aromatic hydroxyl groups is 1. The van der Waals surface area contributed by atoms with Crippen LogP contribution in [0.2, 0.25) is 0 Å². The lowest BCUT2D eigenvalue weighted by Crippen LogP contribution is -2.33. The number of primary amides is 1. The first kappa shape index (κ1) is 29.9. The van der Waals surface area contributed by atoms with Gasteiger partial charge >= 0.3 is 0 Å². The third kappa shape index (κ3) is 14.7. The molecule has 1 amide bonds. The van der Waals surface area contributed by atoms with Crippen LogP contribution in [0, 0.1) is 0 Å². The Morgan fingerprint density at radius 1 is 1.00 bits per heavy atom. The third-order valence-corrected chi connectivity index (χ3v) is 3.98. The van der Waals surface area contributed by atoms with E-state index >= 15 is 0 Å². The molecule has 0 unspecified atom stereocenters. The SMILES string of the molecule is COCCOc1ccc(OC[C@@H](O)CNCCOc2ccc(O)c(C(N)=O)c2)cc1.CS(=O)(=O)O. The maximum atomic E-state index is 11.2. The first-order valence-corrected chi connectivity index (χ1v) is 12.3. The van der Waals surface area contributed by atoms with Crippen LogP contribution in [0.1, 0.15) is 10.4 Å². The Bertz CT molecular complexity index is 992. The maximum Gasteiger partial charge on any atom is 0.261 e. The van der Waals surface area contributed by atoms with Crippen molar-refractivity contribution in [3.8, 4) is 23.0 Å². The van der Waals surface area contributed by atoms with Crippen LogP contribution in [0.15, 0.2) is 42.5 Å². The fraction of sp³-hybridized carbons (Fsp3) is 0.409. The summed E-state index contributed by atoms with van der Waals surface area (Å²) in [5.41, 5.74) is 5.18. The smallest absolute Gasteiger partial charge is 0.261 e. The topological polar surface area (TPSA) is 187 Å². The fourth-order valence-electron chi connectivity index (χ4n) is 2.44. The number of aliphatic hydroxyl groups is 1. The molecule has 0 saturated carbocycles. The molecule has 0 aliphatic heterocycles. The molecule has 196 valence electrons. The van der Waals surface area contributed by atoms with Crippen LogP contribution in [-0.2, 0) is 14.9 Å². The van der Waals surface area contributed by atoms with Gasteiger partial charge in [0.1, 0.15) is 48.9 Å². The average Bonchev–Trinajstić information content (AvgIpc) is 2.78. The molecule has 0 radical (unpaired) electrons. The highest BCUT2D eigenvalue weighted by Gasteiger charge is 2.09. The van der Waals surface area contributed by atoms with Crippen molar-refractivity contribution in [3.05, 3.63) is 48.0 Å². The number of benzene rings is 2. The zero-order valence-electron chi connectivity index (χ0n) is 19.5. The lowest BCUT2D eigenvalue weighted by atomic mass is 10.2. The van der Waals surface area contributed by atoms with Crippen molar-refractivity contribution in [2.45, 2.75) is 6.10 Å². The number of amides is 1. The predicted octanol–water partition coefficient (Wildman–Crippen LogP) is 0.429. The number of aliphatic hydroxyl groups excluding tert-OH is 1. The molecule has 13 heteroatoms. The molecule has 0 aliphatic rings. The number of hydrogen-bond donors (Lipinski definition) is 5. The molecule has 6 N–H and O–H groups in total. The summed E-state index contributed by atoms with van der Waals surface area (Å²) in [6.45, 7) is 2.23. The van der Waals surface area contributed by atoms with Gasteiger partial charge in [0.05, 0.1) is 18.4 Å². The lowest BCUT2D eigenvalue weighted by molar-refractivity contribution is 0.0996. The minimum atomic E-state index is -3.67. The molecule has 0 aromatic heterocycles. The molecule has 12 nitrogen and oxygen atoms in total. The number of carbonyl (C=O) groups is 1. The summed E-state index contributed by atoms with van der Waals surface area (Å²) in [4.78, 5) is 11.2. The highest BCUT2D eigenvalue weighted by Crippen LogP contribution is 2.22. The number of hydrogen-bond acceptors (Lipinski definition) is 10. The van der Waals surface area contributed by atoms with Gasteiger partial charge in [-0.15, -0.1) is 0 Å². The van der Waals surface area contributed by atoms with Crippen LogP contribution < -0.4 is 25.3 Å². The van der Waals surface area contributed by atoms with E-state index in [-0.39, 0.29) is 17.9 Å². The fourth-order valence-corrected chi connectivity index (χ4v) is 2.44. The number of nitrogens with two attached hydrogens (primary N) is 1. The molecule has 0 saturated heterocycles. The largest absolute Gasteiger partial charge is 0.507 e. The van der Waals surface area contributed by atoms with Crippen molar-refractivity contribution in [2.24, 2.45) is 5.73 Å². The highest BCUT2D eigenvalue weighted by atomic mass is 32.2. The van der Waals surface area contributed by atoms with Gasteiger partial charge in [0.2, 0.25) is 0 Å². The Morgan fingerprint density at radius 2 is 1.54 bits per heavy atom. The number of ether oxygens (including phenoxy) is 4. The average molecular weight is 517 g/mol. The first-order valence-electron chi connectivity index (χ1n) is 10.4. The van der Waals surface area contributed by atoms with E-state index < -0.39 is 22.1 Å². The summed E-state index contributed by atoms with van der Waals surface area (Å²) < 4.78 is 47.3. The predicted molar refractivity (Wildman–Crippen MR) is 128 cm³/mol. The molecule has 0 aliphatic carbocycles. The second-order valence-corrected chi connectivity index (χ2v) is 8.57. The van der Waals surface area contributed by atoms with Gasteiger partial charge in [0.25, 0.3) is 16.0 Å². The van der Waals surface area contributed by atoms with Gasteiger partial charge in [0.15, 0.2) is 0 Å². The van der Waals surface area contributed by atoms with E-state index in [1.165, 1.54) is 12.1 Å². The molecular formula is C22H32N2O10S. The van der Waals surface area contributed by atoms with Gasteiger partial charge in [-0.1, -0.05) is 0 Å². The second-order valence-electron chi connectivity index (χ2n) is 7.11. The molecule has 2 aromatic carbocycles. The lowest BCUT2D eigenvalue weighted by Gasteiger charge is -2.14. The van der Waals surface area contributed by atoms with Gasteiger partial charge < -0.3 is 40.2 Å². The molecule has 0 bridgehead atoms. The van der Waals surface area contributed by atoms with Crippen molar-refractivity contribution in [1.82, 2.24) is 5.32 Å². The summed E-state index contributed by atoms with van der Waals surface area (Å²) >= 11 is 0. The minimum absolute atomic E-state index is 0.00241. The number of rotatable bonds is 14. The zero-order valence-corrected chi connectivity index (χ0v) is 20.4. The van der Waals surface area contributed by atoms with Gasteiger partial charge in [-0.3, -0.25) is 9.35 Å². The Labute approximate surface area is 204 Å². The van der Waals surface area contributed by atoms with Gasteiger partial charge in [-0.25, -0.2) is 0 Å². The van der Waals surface area contributed by atoms with E-state index in [4.69, 9.17) is 29.2 Å². The van der Waals surface area contributed by atoms with Gasteiger partial charge in [-0.05, 0) is 42.5 Å². The summed E-state index contributed by atoms with van der Waals surface area (Å²) in [5, 5.41) is 22.6. The van der Waals surface area contributed by atoms with Crippen molar-refractivity contribution in [3.63, 3.8) is 0 Å². The Kier molecular flexibility index (Phi) is 13.5. The van der Waals surface area contributed by atoms with E-state index in [9.17, 15) is 23.4 Å². The van der Waals surface area contributed by atoms with Crippen molar-refractivity contribution < 1.29 is 46.9 Å². The molecule has 2 rings (SSSR count). The summed E-state index contributed by atoms with van der Waals surface area (Å²) in [6.07, 6.45) is 0.0188. The van der Waals surface area contributed by atoms with E-state index in [1.807, 2.05) is 0 Å². The number of methoxy groups -OCH3 is 1. The molecule has 0 spiro atoms. The van der Waals surface area contributed by atoms with Crippen LogP contribution in [-0.4, -0.2) is 88.1 Å². The Balaban J connectivity index is 0.00000111. The van der Waals surface area contributed by atoms with Crippen LogP contribution >= 0.6 is 0 Å². The first-order chi connectivity index (χ1) is 16.5. The number of nitrogens with one attached hydrogen (secondary N) is 1. The third-order valence-electron chi connectivity index (χ3n) is 3.98. The molecular weight excluding hydrogens is 484 g/mol. The van der Waals surface area contributed by atoms with E-state index in [2.05, 4.69) is 5.32 Å². The van der Waals surface area contributed by atoms with Crippen LogP contribution in [0.3, 0.4) is 0 Å². The minimum Gasteiger partial charge on any atom is -0.507 e. The van der Waals surface area contributed by atoms with Crippen molar-refractivity contribution in [2.75, 3.05) is 52.9 Å². The summed E-state index contributed by atoms with van der Waals surface area (Å²) in [6, 6.07) is 11.4. The van der Waals surface area contributed by atoms with Gasteiger partial charge in [-0.2, -0.15) is 8.42 Å². The molecule has 2 aromatic rings. The second kappa shape index (κ2) is 15.7. The summed E-state index contributed by atoms with van der Waals surface area (Å²) in [7, 11) is -2.05. The molecule has 35 heavy (non-hydrogen) atoms. The van der Waals surface area contributed by atoms with Gasteiger partial charge in [0, 0.05) is 20.2 Å². The van der Waals surface area contributed by atoms with Crippen LogP contribution in [0.4, 0.5) is 0 Å². The Morgan fingerprint density at radius 3 is 2.11 bits per heavy atom. The maximum absolute atomic E-state index is 11.2. The van der Waals surface area contributed by atoms with Crippen molar-refractivity contribution in [1.29, 1.82) is 0 Å². The Hall–Kier alpha value is -3.10. The highest BCUT2D eigenvalue weighted by molar-refractivity contribution is 7.85. The van der Waals surface area contributed by atoms with E-state index in [1.54, 1.807) is 37.4 Å². The van der Waals surface area contributed by atoms with Crippen LogP contribution in [0.5, 0.6) is 23.0 Å². The monoisotopic (exact) mass is 516 g/mol. The van der Waals surface area contributed by atoms with Crippen LogP contribution in [0.25, 0.3) is 0 Å². The molecule has 0 fully saturated rings. The number of phenols is 1. The van der Waals surface area contributed by atoms with Crippen molar-refractivity contribution >= 4 is 16.0 Å². The molecule has 0 heterocycles. The normalized spacial score (nSPS) is 11.7. The zero-order chi connectivity index (χ0) is 26.3. The summed E-state index contributed by atoms with van der Waals surface area (Å²) in [5.74, 6) is 0.853. The quantitative estimate of drug-likeness (QED) is 0.173. The molecule has 1 atom stereocenters. The number of carbonyl (C=O) groups excluding carboxylic acids is 1.